The lowest BCUT2D eigenvalue weighted by Crippen LogP contribution is -2.57. The smallest absolute Gasteiger partial charge is 0.246 e. The highest BCUT2D eigenvalue weighted by Crippen LogP contribution is 2.38. The summed E-state index contributed by atoms with van der Waals surface area (Å²) in [4.78, 5) is 62.3. The molecule has 1 aromatic heterocycles. The van der Waals surface area contributed by atoms with Gasteiger partial charge in [-0.05, 0) is 42.5 Å². The molecule has 10 nitrogen and oxygen atoms in total. The number of rotatable bonds is 9. The molecule has 2 aliphatic rings. The van der Waals surface area contributed by atoms with E-state index in [1.807, 2.05) is 66.7 Å². The zero-order chi connectivity index (χ0) is 31.2. The van der Waals surface area contributed by atoms with Crippen LogP contribution in [0.25, 0.3) is 0 Å². The minimum atomic E-state index is -0.951. The van der Waals surface area contributed by atoms with Crippen molar-refractivity contribution in [3.8, 4) is 0 Å². The molecule has 2 aliphatic heterocycles. The van der Waals surface area contributed by atoms with Gasteiger partial charge < -0.3 is 26.2 Å². The average molecular weight is 597 g/mol. The Bertz CT molecular complexity index is 1450. The Hall–Kier alpha value is -4.57. The summed E-state index contributed by atoms with van der Waals surface area (Å²) in [6.07, 6.45) is 4.52. The van der Waals surface area contributed by atoms with Gasteiger partial charge in [0.25, 0.3) is 0 Å². The fraction of sp³-hybridized carbons (Fsp3) is 0.382. The summed E-state index contributed by atoms with van der Waals surface area (Å²) >= 11 is 0. The van der Waals surface area contributed by atoms with Gasteiger partial charge in [-0.1, -0.05) is 66.7 Å². The van der Waals surface area contributed by atoms with Crippen molar-refractivity contribution in [3.05, 3.63) is 102 Å². The molecule has 10 heteroatoms. The Morgan fingerprint density at radius 3 is 2.25 bits per heavy atom. The van der Waals surface area contributed by atoms with Crippen LogP contribution in [-0.4, -0.2) is 82.7 Å². The predicted molar refractivity (Wildman–Crippen MR) is 166 cm³/mol. The van der Waals surface area contributed by atoms with Crippen LogP contribution >= 0.6 is 0 Å². The molecule has 0 saturated carbocycles. The number of nitrogens with two attached hydrogens (primary N) is 1. The summed E-state index contributed by atoms with van der Waals surface area (Å²) < 4.78 is 0. The summed E-state index contributed by atoms with van der Waals surface area (Å²) in [5.41, 5.74) is 8.64. The second-order valence-electron chi connectivity index (χ2n) is 11.7. The van der Waals surface area contributed by atoms with E-state index in [0.717, 1.165) is 16.7 Å². The van der Waals surface area contributed by atoms with Gasteiger partial charge in [-0.3, -0.25) is 24.2 Å². The van der Waals surface area contributed by atoms with Crippen LogP contribution < -0.4 is 16.4 Å². The molecule has 2 saturated heterocycles. The minimum absolute atomic E-state index is 0.0942. The first-order chi connectivity index (χ1) is 21.3. The molecule has 6 atom stereocenters. The number of carbonyl (C=O) groups is 4. The molecular weight excluding hydrogens is 556 g/mol. The first-order valence-electron chi connectivity index (χ1n) is 15.2. The highest BCUT2D eigenvalue weighted by molar-refractivity contribution is 5.96. The number of carbonyl (C=O) groups excluding carboxylic acids is 4. The molecule has 2 fully saturated rings. The molecule has 44 heavy (non-hydrogen) atoms. The molecule has 0 radical (unpaired) electrons. The Morgan fingerprint density at radius 2 is 1.64 bits per heavy atom. The van der Waals surface area contributed by atoms with Crippen molar-refractivity contribution in [1.82, 2.24) is 25.4 Å². The second kappa shape index (κ2) is 13.8. The third-order valence-corrected chi connectivity index (χ3v) is 8.75. The van der Waals surface area contributed by atoms with Crippen molar-refractivity contribution < 1.29 is 19.2 Å². The molecule has 5 rings (SSSR count). The van der Waals surface area contributed by atoms with Gasteiger partial charge in [-0.25, -0.2) is 0 Å². The van der Waals surface area contributed by atoms with Crippen LogP contribution in [0.3, 0.4) is 0 Å². The number of aromatic nitrogens is 1. The summed E-state index contributed by atoms with van der Waals surface area (Å²) in [5, 5.41) is 5.57. The van der Waals surface area contributed by atoms with Crippen LogP contribution in [0.4, 0.5) is 0 Å². The maximum atomic E-state index is 14.5. The molecule has 4 amide bonds. The van der Waals surface area contributed by atoms with Crippen LogP contribution in [0.1, 0.15) is 48.3 Å². The fourth-order valence-corrected chi connectivity index (χ4v) is 6.49. The quantitative estimate of drug-likeness (QED) is 0.346. The monoisotopic (exact) mass is 596 g/mol. The van der Waals surface area contributed by atoms with Crippen molar-refractivity contribution >= 4 is 23.6 Å². The maximum absolute atomic E-state index is 14.5. The minimum Gasteiger partial charge on any atom is -0.357 e. The van der Waals surface area contributed by atoms with Crippen LogP contribution in [0.5, 0.6) is 0 Å². The molecule has 0 bridgehead atoms. The van der Waals surface area contributed by atoms with Gasteiger partial charge in [0.15, 0.2) is 0 Å². The van der Waals surface area contributed by atoms with Gasteiger partial charge in [0.1, 0.15) is 18.1 Å². The van der Waals surface area contributed by atoms with E-state index < -0.39 is 30.1 Å². The van der Waals surface area contributed by atoms with Gasteiger partial charge in [0.2, 0.25) is 23.6 Å². The summed E-state index contributed by atoms with van der Waals surface area (Å²) in [5.74, 6) is -1.59. The number of nitrogens with one attached hydrogen (secondary N) is 2. The lowest BCUT2D eigenvalue weighted by Gasteiger charge is -2.34. The molecule has 4 N–H and O–H groups in total. The Morgan fingerprint density at radius 1 is 0.955 bits per heavy atom. The third-order valence-electron chi connectivity index (χ3n) is 8.75. The van der Waals surface area contributed by atoms with E-state index in [1.165, 1.54) is 0 Å². The van der Waals surface area contributed by atoms with E-state index in [1.54, 1.807) is 42.2 Å². The highest BCUT2D eigenvalue weighted by atomic mass is 16.2. The number of benzene rings is 2. The summed E-state index contributed by atoms with van der Waals surface area (Å²) in [7, 11) is 1.58. The zero-order valence-corrected chi connectivity index (χ0v) is 25.1. The molecule has 6 unspecified atom stereocenters. The Kier molecular flexibility index (Phi) is 9.69. The number of hydrogen-bond acceptors (Lipinski definition) is 6. The number of nitrogens with zero attached hydrogens (tertiary/aromatic N) is 3. The van der Waals surface area contributed by atoms with E-state index in [4.69, 9.17) is 5.73 Å². The van der Waals surface area contributed by atoms with Crippen LogP contribution in [0, 0.1) is 0 Å². The molecule has 0 aliphatic carbocycles. The highest BCUT2D eigenvalue weighted by Gasteiger charge is 2.49. The van der Waals surface area contributed by atoms with Crippen LogP contribution in [0.15, 0.2) is 85.2 Å². The van der Waals surface area contributed by atoms with Gasteiger partial charge in [-0.2, -0.15) is 0 Å². The lowest BCUT2D eigenvalue weighted by atomic mass is 9.91. The number of likely N-dealkylation sites (N-methyl/N-ethyl adjacent to an activating group) is 1. The third kappa shape index (κ3) is 6.65. The number of pyridine rings is 1. The van der Waals surface area contributed by atoms with E-state index in [-0.39, 0.29) is 36.0 Å². The van der Waals surface area contributed by atoms with Gasteiger partial charge in [0, 0.05) is 50.8 Å². The van der Waals surface area contributed by atoms with Crippen molar-refractivity contribution in [3.63, 3.8) is 0 Å². The SMILES string of the molecule is CNC(=O)C1C(c2ccccc2)CCN1C(=O)C1CC(c2ccccc2)CN1C(=O)C(Cc1cccnc1)NC(=O)C(C)N. The van der Waals surface area contributed by atoms with Gasteiger partial charge >= 0.3 is 0 Å². The number of hydrogen-bond donors (Lipinski definition) is 3. The van der Waals surface area contributed by atoms with Gasteiger partial charge in [-0.15, -0.1) is 0 Å². The van der Waals surface area contributed by atoms with Crippen molar-refractivity contribution in [1.29, 1.82) is 0 Å². The normalized spacial score (nSPS) is 22.7. The topological polar surface area (TPSA) is 138 Å². The van der Waals surface area contributed by atoms with Crippen molar-refractivity contribution in [2.45, 2.75) is 62.2 Å². The van der Waals surface area contributed by atoms with E-state index >= 15 is 0 Å². The zero-order valence-electron chi connectivity index (χ0n) is 25.1. The Labute approximate surface area is 258 Å². The first-order valence-corrected chi connectivity index (χ1v) is 15.2. The van der Waals surface area contributed by atoms with Crippen LogP contribution in [0.2, 0.25) is 0 Å². The van der Waals surface area contributed by atoms with E-state index in [2.05, 4.69) is 15.6 Å². The maximum Gasteiger partial charge on any atom is 0.246 e. The second-order valence-corrected chi connectivity index (χ2v) is 11.7. The molecule has 230 valence electrons. The molecule has 0 spiro atoms. The summed E-state index contributed by atoms with van der Waals surface area (Å²) in [6.45, 7) is 2.26. The largest absolute Gasteiger partial charge is 0.357 e. The standard InChI is InChI=1S/C34H40N6O4/c1-22(35)31(41)38-28(18-23-10-9-16-37-20-23)33(43)40-21-26(24-11-5-3-6-12-24)19-29(40)34(44)39-17-15-27(30(39)32(42)36-2)25-13-7-4-8-14-25/h3-14,16,20,22,26-30H,15,17-19,21,35H2,1-2H3,(H,36,42)(H,38,41). The first kappa shape index (κ1) is 30.9. The molecule has 3 heterocycles. The molecular formula is C34H40N6O4. The van der Waals surface area contributed by atoms with Gasteiger partial charge in [0.05, 0.1) is 6.04 Å². The molecule has 2 aromatic carbocycles. The van der Waals surface area contributed by atoms with E-state index in [0.29, 0.717) is 25.9 Å². The number of amides is 4. The molecule has 3 aromatic rings. The average Bonchev–Trinajstić information content (AvgIpc) is 3.71. The van der Waals surface area contributed by atoms with E-state index in [9.17, 15) is 19.2 Å². The number of likely N-dealkylation sites (tertiary alicyclic amines) is 2. The summed E-state index contributed by atoms with van der Waals surface area (Å²) in [6, 6.07) is 19.9. The van der Waals surface area contributed by atoms with Crippen molar-refractivity contribution in [2.75, 3.05) is 20.1 Å². The lowest BCUT2D eigenvalue weighted by molar-refractivity contribution is -0.148. The predicted octanol–water partition coefficient (Wildman–Crippen LogP) is 1.97. The Balaban J connectivity index is 1.48. The fourth-order valence-electron chi connectivity index (χ4n) is 6.49. The van der Waals surface area contributed by atoms with Crippen LogP contribution in [-0.2, 0) is 25.6 Å². The van der Waals surface area contributed by atoms with Crippen molar-refractivity contribution in [2.24, 2.45) is 5.73 Å².